The van der Waals surface area contributed by atoms with Crippen molar-refractivity contribution in [3.63, 3.8) is 0 Å². The number of benzene rings is 2. The van der Waals surface area contributed by atoms with Crippen LogP contribution in [0.3, 0.4) is 0 Å². The monoisotopic (exact) mass is 228 g/mol. The Morgan fingerprint density at radius 1 is 0.929 bits per heavy atom. The molecule has 0 saturated heterocycles. The average molecular weight is 229 g/mol. The van der Waals surface area contributed by atoms with E-state index in [2.05, 4.69) is 0 Å². The van der Waals surface area contributed by atoms with Crippen LogP contribution in [0.5, 0.6) is 0 Å². The Bertz CT molecular complexity index is 460. The topological polar surface area (TPSA) is 0 Å². The zero-order chi connectivity index (χ0) is 10.2. The molecule has 0 atom stereocenters. The summed E-state index contributed by atoms with van der Waals surface area (Å²) in [5.74, 6) is 0. The van der Waals surface area contributed by atoms with E-state index in [0.717, 1.165) is 5.39 Å². The van der Waals surface area contributed by atoms with Crippen molar-refractivity contribution in [2.75, 3.05) is 0 Å². The Labute approximate surface area is 86.2 Å². The van der Waals surface area contributed by atoms with Crippen molar-refractivity contribution in [3.05, 3.63) is 42.5 Å². The molecular weight excluding hydrogens is 222 g/mol. The molecule has 2 aromatic carbocycles. The highest BCUT2D eigenvalue weighted by Gasteiger charge is 2.36. The first kappa shape index (κ1) is 9.62. The van der Waals surface area contributed by atoms with Gasteiger partial charge in [-0.25, -0.2) is 8.22 Å². The maximum atomic E-state index is 13.1. The lowest BCUT2D eigenvalue weighted by atomic mass is 10.1. The lowest BCUT2D eigenvalue weighted by Gasteiger charge is -2.08. The van der Waals surface area contributed by atoms with Crippen LogP contribution in [0.2, 0.25) is 0 Å². The summed E-state index contributed by atoms with van der Waals surface area (Å²) >= 11 is 5.14. The first-order chi connectivity index (χ1) is 6.59. The third-order valence-corrected chi connectivity index (χ3v) is 3.75. The van der Waals surface area contributed by atoms with Gasteiger partial charge in [0.15, 0.2) is 0 Å². The summed E-state index contributed by atoms with van der Waals surface area (Å²) in [6, 6.07) is 11.9. The molecule has 0 unspecified atom stereocenters. The van der Waals surface area contributed by atoms with Gasteiger partial charge in [-0.2, -0.15) is 0 Å². The summed E-state index contributed by atoms with van der Waals surface area (Å²) in [6.45, 7) is 0. The summed E-state index contributed by atoms with van der Waals surface area (Å²) < 4.78 is 26.2. The molecule has 0 bridgehead atoms. The molecule has 0 aliphatic rings. The standard InChI is InChI=1S/C10H7ClF2Si/c11-14(12,13)10-7-3-5-8-4-1-2-6-9(8)10/h1-7H. The summed E-state index contributed by atoms with van der Waals surface area (Å²) in [6.07, 6.45) is 0. The number of hydrogen-bond donors (Lipinski definition) is 0. The van der Waals surface area contributed by atoms with Crippen molar-refractivity contribution in [3.8, 4) is 0 Å². The minimum absolute atomic E-state index is 0.00253. The molecule has 0 aliphatic carbocycles. The molecule has 4 heteroatoms. The highest BCUT2D eigenvalue weighted by Crippen LogP contribution is 2.19. The molecule has 0 nitrogen and oxygen atoms in total. The highest BCUT2D eigenvalue weighted by molar-refractivity contribution is 7.20. The Hall–Kier alpha value is -0.933. The lowest BCUT2D eigenvalue weighted by Crippen LogP contribution is -2.33. The van der Waals surface area contributed by atoms with Crippen LogP contribution in [0.15, 0.2) is 42.5 Å². The lowest BCUT2D eigenvalue weighted by molar-refractivity contribution is 0.669. The van der Waals surface area contributed by atoms with Gasteiger partial charge in [0, 0.05) is 5.19 Å². The SMILES string of the molecule is F[Si](F)(Cl)c1cccc2ccccc12. The van der Waals surface area contributed by atoms with E-state index in [9.17, 15) is 8.22 Å². The van der Waals surface area contributed by atoms with Gasteiger partial charge in [0.2, 0.25) is 0 Å². The highest BCUT2D eigenvalue weighted by atomic mass is 35.6. The first-order valence-corrected chi connectivity index (χ1v) is 6.91. The first-order valence-electron chi connectivity index (χ1n) is 4.14. The maximum Gasteiger partial charge on any atom is 0.554 e. The van der Waals surface area contributed by atoms with Crippen LogP contribution < -0.4 is 5.19 Å². The molecule has 0 saturated carbocycles. The summed E-state index contributed by atoms with van der Waals surface area (Å²) in [5, 5.41) is 1.36. The second kappa shape index (κ2) is 3.33. The maximum absolute atomic E-state index is 13.1. The van der Waals surface area contributed by atoms with Gasteiger partial charge >= 0.3 is 8.05 Å². The fourth-order valence-electron chi connectivity index (χ4n) is 1.47. The van der Waals surface area contributed by atoms with Gasteiger partial charge in [-0.1, -0.05) is 53.5 Å². The van der Waals surface area contributed by atoms with Crippen LogP contribution in [-0.2, 0) is 0 Å². The molecule has 0 heterocycles. The molecule has 0 aliphatic heterocycles. The fraction of sp³-hybridized carbons (Fsp3) is 0. The predicted octanol–water partition coefficient (Wildman–Crippen LogP) is 3.16. The van der Waals surface area contributed by atoms with E-state index in [1.54, 1.807) is 30.3 Å². The molecule has 2 rings (SSSR count). The number of rotatable bonds is 1. The summed E-state index contributed by atoms with van der Waals surface area (Å²) in [7, 11) is -4.73. The van der Waals surface area contributed by atoms with Gasteiger partial charge in [-0.15, -0.1) is 0 Å². The van der Waals surface area contributed by atoms with E-state index in [-0.39, 0.29) is 5.19 Å². The van der Waals surface area contributed by atoms with E-state index >= 15 is 0 Å². The van der Waals surface area contributed by atoms with Crippen molar-refractivity contribution in [1.82, 2.24) is 0 Å². The summed E-state index contributed by atoms with van der Waals surface area (Å²) in [5.41, 5.74) is 0. The second-order valence-electron chi connectivity index (χ2n) is 3.02. The zero-order valence-corrected chi connectivity index (χ0v) is 8.93. The molecule has 0 amide bonds. The van der Waals surface area contributed by atoms with E-state index in [0.29, 0.717) is 5.39 Å². The van der Waals surface area contributed by atoms with Crippen LogP contribution in [0.1, 0.15) is 0 Å². The minimum Gasteiger partial charge on any atom is -0.248 e. The second-order valence-corrected chi connectivity index (χ2v) is 5.98. The Morgan fingerprint density at radius 2 is 1.57 bits per heavy atom. The van der Waals surface area contributed by atoms with Gasteiger partial charge in [0.1, 0.15) is 0 Å². The van der Waals surface area contributed by atoms with Gasteiger partial charge in [0.05, 0.1) is 0 Å². The average Bonchev–Trinajstić information content (AvgIpc) is 2.15. The quantitative estimate of drug-likeness (QED) is 0.520. The molecule has 2 aromatic rings. The normalized spacial score (nSPS) is 11.9. The molecule has 0 spiro atoms. The minimum atomic E-state index is -4.73. The van der Waals surface area contributed by atoms with Crippen molar-refractivity contribution in [2.45, 2.75) is 0 Å². The van der Waals surface area contributed by atoms with E-state index in [1.165, 1.54) is 6.07 Å². The molecule has 72 valence electrons. The molecule has 14 heavy (non-hydrogen) atoms. The van der Waals surface area contributed by atoms with Gasteiger partial charge in [0.25, 0.3) is 0 Å². The Kier molecular flexibility index (Phi) is 2.29. The molecule has 0 fully saturated rings. The van der Waals surface area contributed by atoms with Gasteiger partial charge < -0.3 is 0 Å². The molecule has 0 N–H and O–H groups in total. The van der Waals surface area contributed by atoms with Gasteiger partial charge in [-0.3, -0.25) is 0 Å². The fourth-order valence-corrected chi connectivity index (χ4v) is 2.79. The van der Waals surface area contributed by atoms with E-state index in [1.807, 2.05) is 6.07 Å². The number of fused-ring (bicyclic) bond motifs is 1. The predicted molar refractivity (Wildman–Crippen MR) is 57.4 cm³/mol. The van der Waals surface area contributed by atoms with Crippen LogP contribution in [-0.4, -0.2) is 8.05 Å². The van der Waals surface area contributed by atoms with Crippen molar-refractivity contribution in [1.29, 1.82) is 0 Å². The van der Waals surface area contributed by atoms with E-state index < -0.39 is 8.05 Å². The van der Waals surface area contributed by atoms with Gasteiger partial charge in [-0.05, 0) is 10.8 Å². The molecule has 0 radical (unpaired) electrons. The third-order valence-electron chi connectivity index (χ3n) is 2.10. The largest absolute Gasteiger partial charge is 0.554 e. The number of hydrogen-bond acceptors (Lipinski definition) is 0. The number of halogens is 3. The van der Waals surface area contributed by atoms with Crippen molar-refractivity contribution < 1.29 is 8.22 Å². The third kappa shape index (κ3) is 1.65. The van der Waals surface area contributed by atoms with Crippen LogP contribution in [0, 0.1) is 0 Å². The van der Waals surface area contributed by atoms with Crippen LogP contribution in [0.25, 0.3) is 10.8 Å². The zero-order valence-electron chi connectivity index (χ0n) is 7.18. The Balaban J connectivity index is 2.78. The molecular formula is C10H7ClF2Si. The van der Waals surface area contributed by atoms with Crippen LogP contribution >= 0.6 is 11.1 Å². The van der Waals surface area contributed by atoms with Crippen molar-refractivity contribution in [2.24, 2.45) is 0 Å². The Morgan fingerprint density at radius 3 is 2.29 bits per heavy atom. The van der Waals surface area contributed by atoms with Crippen LogP contribution in [0.4, 0.5) is 8.22 Å². The van der Waals surface area contributed by atoms with Crippen molar-refractivity contribution >= 4 is 35.1 Å². The summed E-state index contributed by atoms with van der Waals surface area (Å²) in [4.78, 5) is 0. The molecule has 0 aromatic heterocycles. The van der Waals surface area contributed by atoms with E-state index in [4.69, 9.17) is 11.1 Å². The smallest absolute Gasteiger partial charge is 0.248 e.